The molecule has 3 aromatic rings. The molecule has 0 amide bonds. The highest BCUT2D eigenvalue weighted by Crippen LogP contribution is 2.34. The molecular formula is C22H23NO4. The maximum Gasteiger partial charge on any atom is 0.226 e. The minimum Gasteiger partial charge on any atom is -0.493 e. The van der Waals surface area contributed by atoms with Gasteiger partial charge in [0, 0.05) is 17.5 Å². The van der Waals surface area contributed by atoms with Crippen LogP contribution < -0.4 is 9.47 Å². The SMILES string of the molecule is CCOc1cc(-c2nc(-c3cccc(CCC=O)c3C)co2)ccc1OC. The molecule has 0 N–H and O–H groups in total. The second-order valence-corrected chi connectivity index (χ2v) is 6.13. The van der Waals surface area contributed by atoms with E-state index in [0.29, 0.717) is 30.4 Å². The van der Waals surface area contributed by atoms with E-state index < -0.39 is 0 Å². The number of hydrogen-bond acceptors (Lipinski definition) is 5. The molecule has 0 saturated heterocycles. The van der Waals surface area contributed by atoms with Crippen LogP contribution in [0.3, 0.4) is 0 Å². The van der Waals surface area contributed by atoms with Gasteiger partial charge in [0.2, 0.25) is 5.89 Å². The number of carbonyl (C=O) groups excluding carboxylic acids is 1. The summed E-state index contributed by atoms with van der Waals surface area (Å²) in [6.07, 6.45) is 3.84. The van der Waals surface area contributed by atoms with Crippen molar-refractivity contribution in [3.05, 3.63) is 53.8 Å². The van der Waals surface area contributed by atoms with E-state index >= 15 is 0 Å². The fourth-order valence-electron chi connectivity index (χ4n) is 3.05. The fraction of sp³-hybridized carbons (Fsp3) is 0.273. The van der Waals surface area contributed by atoms with Crippen LogP contribution in [0.4, 0.5) is 0 Å². The minimum atomic E-state index is 0.514. The lowest BCUT2D eigenvalue weighted by atomic mass is 9.97. The molecule has 5 nitrogen and oxygen atoms in total. The third kappa shape index (κ3) is 4.03. The van der Waals surface area contributed by atoms with Gasteiger partial charge in [-0.25, -0.2) is 4.98 Å². The van der Waals surface area contributed by atoms with Gasteiger partial charge in [-0.2, -0.15) is 0 Å². The largest absolute Gasteiger partial charge is 0.493 e. The molecule has 3 rings (SSSR count). The number of aromatic nitrogens is 1. The Balaban J connectivity index is 1.94. The average molecular weight is 365 g/mol. The summed E-state index contributed by atoms with van der Waals surface area (Å²) in [6, 6.07) is 11.6. The maximum absolute atomic E-state index is 10.7. The third-order valence-electron chi connectivity index (χ3n) is 4.47. The number of ether oxygens (including phenoxy) is 2. The summed E-state index contributed by atoms with van der Waals surface area (Å²) in [6.45, 7) is 4.52. The van der Waals surface area contributed by atoms with Gasteiger partial charge >= 0.3 is 0 Å². The Labute approximate surface area is 159 Å². The zero-order chi connectivity index (χ0) is 19.2. The van der Waals surface area contributed by atoms with Crippen LogP contribution >= 0.6 is 0 Å². The van der Waals surface area contributed by atoms with Gasteiger partial charge in [0.1, 0.15) is 18.2 Å². The van der Waals surface area contributed by atoms with Crippen molar-refractivity contribution < 1.29 is 18.7 Å². The molecular weight excluding hydrogens is 342 g/mol. The highest BCUT2D eigenvalue weighted by Gasteiger charge is 2.14. The molecule has 0 aliphatic heterocycles. The second kappa shape index (κ2) is 8.54. The highest BCUT2D eigenvalue weighted by atomic mass is 16.5. The van der Waals surface area contributed by atoms with E-state index in [1.165, 1.54) is 0 Å². The van der Waals surface area contributed by atoms with E-state index in [-0.39, 0.29) is 0 Å². The first-order valence-electron chi connectivity index (χ1n) is 8.97. The monoisotopic (exact) mass is 365 g/mol. The molecule has 0 spiro atoms. The molecule has 5 heteroatoms. The van der Waals surface area contributed by atoms with Gasteiger partial charge in [0.15, 0.2) is 11.5 Å². The first kappa shape index (κ1) is 18.7. The van der Waals surface area contributed by atoms with Crippen molar-refractivity contribution in [1.29, 1.82) is 0 Å². The number of aldehydes is 1. The second-order valence-electron chi connectivity index (χ2n) is 6.13. The van der Waals surface area contributed by atoms with Crippen molar-refractivity contribution in [2.24, 2.45) is 0 Å². The van der Waals surface area contributed by atoms with Crippen LogP contribution in [0.5, 0.6) is 11.5 Å². The molecule has 0 unspecified atom stereocenters. The van der Waals surface area contributed by atoms with Gasteiger partial charge in [0.05, 0.1) is 13.7 Å². The molecule has 0 radical (unpaired) electrons. The van der Waals surface area contributed by atoms with E-state index in [2.05, 4.69) is 4.98 Å². The lowest BCUT2D eigenvalue weighted by molar-refractivity contribution is -0.107. The zero-order valence-corrected chi connectivity index (χ0v) is 15.8. The van der Waals surface area contributed by atoms with Gasteiger partial charge in [-0.3, -0.25) is 0 Å². The molecule has 27 heavy (non-hydrogen) atoms. The Bertz CT molecular complexity index is 930. The Hall–Kier alpha value is -3.08. The topological polar surface area (TPSA) is 61.6 Å². The maximum atomic E-state index is 10.7. The predicted octanol–water partition coefficient (Wildman–Crippen LogP) is 4.86. The van der Waals surface area contributed by atoms with Crippen LogP contribution in [0.25, 0.3) is 22.7 Å². The number of hydrogen-bond donors (Lipinski definition) is 0. The van der Waals surface area contributed by atoms with Gasteiger partial charge < -0.3 is 18.7 Å². The van der Waals surface area contributed by atoms with E-state index in [9.17, 15) is 4.79 Å². The molecule has 0 fully saturated rings. The van der Waals surface area contributed by atoms with E-state index in [1.54, 1.807) is 13.4 Å². The summed E-state index contributed by atoms with van der Waals surface area (Å²) in [5, 5.41) is 0. The lowest BCUT2D eigenvalue weighted by Crippen LogP contribution is -1.95. The van der Waals surface area contributed by atoms with Crippen molar-refractivity contribution in [1.82, 2.24) is 4.98 Å². The number of aryl methyl sites for hydroxylation is 1. The standard InChI is InChI=1S/C22H23NO4/c1-4-26-21-13-17(10-11-20(21)25-3)22-23-19(14-27-22)18-9-5-7-16(15(18)2)8-6-12-24/h5,7,9-14H,4,6,8H2,1-3H3. The average Bonchev–Trinajstić information content (AvgIpc) is 3.17. The summed E-state index contributed by atoms with van der Waals surface area (Å²) in [7, 11) is 1.61. The van der Waals surface area contributed by atoms with E-state index in [0.717, 1.165) is 40.7 Å². The third-order valence-corrected chi connectivity index (χ3v) is 4.47. The normalized spacial score (nSPS) is 10.6. The molecule has 2 aromatic carbocycles. The van der Waals surface area contributed by atoms with Crippen molar-refractivity contribution in [2.75, 3.05) is 13.7 Å². The molecule has 0 saturated carbocycles. The number of methoxy groups -OCH3 is 1. The van der Waals surface area contributed by atoms with Gasteiger partial charge in [0.25, 0.3) is 0 Å². The van der Waals surface area contributed by atoms with Crippen molar-refractivity contribution >= 4 is 6.29 Å². The van der Waals surface area contributed by atoms with Crippen LogP contribution in [0.2, 0.25) is 0 Å². The Morgan fingerprint density at radius 3 is 2.78 bits per heavy atom. The Morgan fingerprint density at radius 1 is 1.19 bits per heavy atom. The molecule has 0 aliphatic rings. The first-order chi connectivity index (χ1) is 13.2. The van der Waals surface area contributed by atoms with Gasteiger partial charge in [-0.15, -0.1) is 0 Å². The summed E-state index contributed by atoms with van der Waals surface area (Å²) >= 11 is 0. The van der Waals surface area contributed by atoms with Crippen molar-refractivity contribution in [3.8, 4) is 34.2 Å². The van der Waals surface area contributed by atoms with Crippen molar-refractivity contribution in [3.63, 3.8) is 0 Å². The molecule has 1 aromatic heterocycles. The van der Waals surface area contributed by atoms with Crippen LogP contribution in [0.1, 0.15) is 24.5 Å². The summed E-state index contributed by atoms with van der Waals surface area (Å²) in [5.41, 5.74) is 4.85. The predicted molar refractivity (Wildman–Crippen MR) is 104 cm³/mol. The summed E-state index contributed by atoms with van der Waals surface area (Å²) in [5.74, 6) is 1.85. The minimum absolute atomic E-state index is 0.514. The number of oxazole rings is 1. The summed E-state index contributed by atoms with van der Waals surface area (Å²) < 4.78 is 16.7. The van der Waals surface area contributed by atoms with Gasteiger partial charge in [-0.05, 0) is 49.6 Å². The van der Waals surface area contributed by atoms with Crippen LogP contribution in [0.15, 0.2) is 47.1 Å². The lowest BCUT2D eigenvalue weighted by Gasteiger charge is -2.09. The molecule has 0 atom stereocenters. The molecule has 1 heterocycles. The molecule has 0 bridgehead atoms. The number of carbonyl (C=O) groups is 1. The van der Waals surface area contributed by atoms with Crippen LogP contribution in [-0.2, 0) is 11.2 Å². The van der Waals surface area contributed by atoms with Crippen LogP contribution in [-0.4, -0.2) is 25.0 Å². The van der Waals surface area contributed by atoms with Crippen molar-refractivity contribution in [2.45, 2.75) is 26.7 Å². The Morgan fingerprint density at radius 2 is 2.04 bits per heavy atom. The number of nitrogens with zero attached hydrogens (tertiary/aromatic N) is 1. The smallest absolute Gasteiger partial charge is 0.226 e. The first-order valence-corrected chi connectivity index (χ1v) is 8.97. The Kier molecular flexibility index (Phi) is 5.91. The van der Waals surface area contributed by atoms with Gasteiger partial charge in [-0.1, -0.05) is 18.2 Å². The highest BCUT2D eigenvalue weighted by molar-refractivity contribution is 5.68. The van der Waals surface area contributed by atoms with E-state index in [4.69, 9.17) is 13.9 Å². The quantitative estimate of drug-likeness (QED) is 0.534. The summed E-state index contributed by atoms with van der Waals surface area (Å²) in [4.78, 5) is 15.3. The zero-order valence-electron chi connectivity index (χ0n) is 15.8. The van der Waals surface area contributed by atoms with Crippen LogP contribution in [0, 0.1) is 6.92 Å². The van der Waals surface area contributed by atoms with E-state index in [1.807, 2.05) is 50.2 Å². The fourth-order valence-corrected chi connectivity index (χ4v) is 3.05. The number of rotatable bonds is 8. The number of benzene rings is 2. The molecule has 140 valence electrons. The molecule has 0 aliphatic carbocycles.